The van der Waals surface area contributed by atoms with Crippen molar-refractivity contribution in [2.45, 2.75) is 6.92 Å². The Hall–Kier alpha value is -3.85. The largest absolute Gasteiger partial charge is 0.476 e. The smallest absolute Gasteiger partial charge is 0.406 e. The number of carbonyl (C=O) groups excluding carboxylic acids is 1. The molecular weight excluding hydrogens is 404 g/mol. The van der Waals surface area contributed by atoms with Crippen molar-refractivity contribution in [2.24, 2.45) is 0 Å². The molecule has 0 atom stereocenters. The van der Waals surface area contributed by atoms with Crippen molar-refractivity contribution in [3.63, 3.8) is 0 Å². The first-order valence-corrected chi connectivity index (χ1v) is 9.81. The minimum Gasteiger partial charge on any atom is -0.476 e. The maximum atomic E-state index is 12.1. The number of benzene rings is 2. The average molecular weight is 420 g/mol. The number of nitrogens with one attached hydrogen (secondary N) is 1. The number of nitrogens with zero attached hydrogens (tertiary/aromatic N) is 3. The van der Waals surface area contributed by atoms with E-state index < -0.39 is 16.6 Å². The van der Waals surface area contributed by atoms with Gasteiger partial charge < -0.3 is 20.2 Å². The Balaban J connectivity index is 1.40. The lowest BCUT2D eigenvalue weighted by atomic mass is 10.2. The summed E-state index contributed by atoms with van der Waals surface area (Å²) in [5, 5.41) is 14.5. The van der Waals surface area contributed by atoms with Gasteiger partial charge in [0.1, 0.15) is 11.2 Å². The van der Waals surface area contributed by atoms with E-state index in [-0.39, 0.29) is 12.4 Å². The first-order chi connectivity index (χ1) is 14.5. The summed E-state index contributed by atoms with van der Waals surface area (Å²) in [6.07, 6.45) is 1.29. The number of fused-ring (bicyclic) bond motifs is 1. The standard InChI is InChI=1S/C21H16N4O4S/c1-13-4-9-16-18(11-13)30-21(24-16)14-5-7-15(8-6-14)23-19(26)12-29-17-3-2-10-22-20(17)25(27)28/h2-11H,12H2,1H3,(H,23,26). The molecule has 30 heavy (non-hydrogen) atoms. The number of aryl methyl sites for hydroxylation is 1. The van der Waals surface area contributed by atoms with E-state index in [4.69, 9.17) is 4.74 Å². The number of carbonyl (C=O) groups is 1. The van der Waals surface area contributed by atoms with Crippen molar-refractivity contribution >= 4 is 39.0 Å². The Morgan fingerprint density at radius 3 is 2.77 bits per heavy atom. The monoisotopic (exact) mass is 420 g/mol. The molecule has 0 fully saturated rings. The summed E-state index contributed by atoms with van der Waals surface area (Å²) in [5.41, 5.74) is 3.69. The molecular formula is C21H16N4O4S. The van der Waals surface area contributed by atoms with Crippen molar-refractivity contribution in [2.75, 3.05) is 11.9 Å². The Bertz CT molecular complexity index is 1240. The first kappa shape index (κ1) is 19.5. The summed E-state index contributed by atoms with van der Waals surface area (Å²) in [6.45, 7) is 1.68. The van der Waals surface area contributed by atoms with Gasteiger partial charge in [0.25, 0.3) is 5.91 Å². The third-order valence-electron chi connectivity index (χ3n) is 4.24. The molecule has 2 heterocycles. The van der Waals surface area contributed by atoms with Gasteiger partial charge in [-0.2, -0.15) is 0 Å². The number of anilines is 1. The highest BCUT2D eigenvalue weighted by Gasteiger charge is 2.16. The summed E-state index contributed by atoms with van der Waals surface area (Å²) in [7, 11) is 0. The lowest BCUT2D eigenvalue weighted by Gasteiger charge is -2.08. The van der Waals surface area contributed by atoms with Crippen LogP contribution in [-0.2, 0) is 4.79 Å². The van der Waals surface area contributed by atoms with Crippen molar-refractivity contribution in [1.29, 1.82) is 0 Å². The van der Waals surface area contributed by atoms with Crippen LogP contribution >= 0.6 is 11.3 Å². The topological polar surface area (TPSA) is 107 Å². The van der Waals surface area contributed by atoms with Crippen molar-refractivity contribution in [3.8, 4) is 16.3 Å². The third-order valence-corrected chi connectivity index (χ3v) is 5.31. The maximum Gasteiger partial charge on any atom is 0.406 e. The van der Waals surface area contributed by atoms with Crippen LogP contribution < -0.4 is 10.1 Å². The van der Waals surface area contributed by atoms with E-state index in [2.05, 4.69) is 21.4 Å². The molecule has 0 spiro atoms. The molecule has 0 saturated carbocycles. The first-order valence-electron chi connectivity index (χ1n) is 8.99. The van der Waals surface area contributed by atoms with Gasteiger partial charge in [-0.3, -0.25) is 4.79 Å². The highest BCUT2D eigenvalue weighted by molar-refractivity contribution is 7.21. The molecule has 1 amide bonds. The molecule has 0 aliphatic rings. The number of hydrogen-bond donors (Lipinski definition) is 1. The second-order valence-electron chi connectivity index (χ2n) is 6.49. The lowest BCUT2D eigenvalue weighted by molar-refractivity contribution is -0.390. The number of aromatic nitrogens is 2. The van der Waals surface area contributed by atoms with Crippen LogP contribution in [0.25, 0.3) is 20.8 Å². The lowest BCUT2D eigenvalue weighted by Crippen LogP contribution is -2.20. The number of thiazole rings is 1. The minimum atomic E-state index is -0.657. The van der Waals surface area contributed by atoms with Crippen LogP contribution in [0.4, 0.5) is 11.5 Å². The molecule has 150 valence electrons. The van der Waals surface area contributed by atoms with Crippen LogP contribution in [0.2, 0.25) is 0 Å². The number of pyridine rings is 1. The molecule has 0 aliphatic heterocycles. The van der Waals surface area contributed by atoms with Crippen LogP contribution in [0.15, 0.2) is 60.8 Å². The number of hydrogen-bond acceptors (Lipinski definition) is 7. The van der Waals surface area contributed by atoms with E-state index in [1.807, 2.05) is 31.2 Å². The van der Waals surface area contributed by atoms with Gasteiger partial charge in [-0.15, -0.1) is 11.3 Å². The van der Waals surface area contributed by atoms with Crippen LogP contribution in [0.1, 0.15) is 5.56 Å². The van der Waals surface area contributed by atoms with Crippen LogP contribution in [-0.4, -0.2) is 27.4 Å². The molecule has 0 bridgehead atoms. The Labute approximate surface area is 175 Å². The zero-order chi connectivity index (χ0) is 21.1. The van der Waals surface area contributed by atoms with Crippen molar-refractivity contribution in [1.82, 2.24) is 9.97 Å². The molecule has 4 rings (SSSR count). The Morgan fingerprint density at radius 2 is 2.00 bits per heavy atom. The molecule has 2 aromatic carbocycles. The Morgan fingerprint density at radius 1 is 1.20 bits per heavy atom. The predicted octanol–water partition coefficient (Wildman–Crippen LogP) is 4.59. The van der Waals surface area contributed by atoms with Crippen molar-refractivity contribution in [3.05, 3.63) is 76.5 Å². The molecule has 2 aromatic heterocycles. The number of rotatable bonds is 6. The van der Waals surface area contributed by atoms with Crippen molar-refractivity contribution < 1.29 is 14.5 Å². The second-order valence-corrected chi connectivity index (χ2v) is 7.52. The fraction of sp³-hybridized carbons (Fsp3) is 0.0952. The fourth-order valence-electron chi connectivity index (χ4n) is 2.82. The molecule has 9 heteroatoms. The summed E-state index contributed by atoms with van der Waals surface area (Å²) >= 11 is 1.61. The SMILES string of the molecule is Cc1ccc2nc(-c3ccc(NC(=O)COc4cccnc4[N+](=O)[O-])cc3)sc2c1. The van der Waals surface area contributed by atoms with E-state index in [9.17, 15) is 14.9 Å². The summed E-state index contributed by atoms with van der Waals surface area (Å²) < 4.78 is 6.37. The van der Waals surface area contributed by atoms with Gasteiger partial charge in [-0.1, -0.05) is 6.07 Å². The van der Waals surface area contributed by atoms with Crippen LogP contribution in [0.3, 0.4) is 0 Å². The number of amides is 1. The van der Waals surface area contributed by atoms with E-state index >= 15 is 0 Å². The molecule has 8 nitrogen and oxygen atoms in total. The summed E-state index contributed by atoms with van der Waals surface area (Å²) in [6, 6.07) is 16.4. The van der Waals surface area contributed by atoms with Crippen LogP contribution in [0.5, 0.6) is 5.75 Å². The highest BCUT2D eigenvalue weighted by Crippen LogP contribution is 2.31. The molecule has 0 saturated heterocycles. The zero-order valence-corrected chi connectivity index (χ0v) is 16.7. The quantitative estimate of drug-likeness (QED) is 0.361. The normalized spacial score (nSPS) is 10.7. The Kier molecular flexibility index (Phi) is 5.36. The average Bonchev–Trinajstić information content (AvgIpc) is 3.16. The fourth-order valence-corrected chi connectivity index (χ4v) is 3.89. The molecule has 1 N–H and O–H groups in total. The van der Waals surface area contributed by atoms with Gasteiger partial charge in [0.15, 0.2) is 6.61 Å². The maximum absolute atomic E-state index is 12.1. The van der Waals surface area contributed by atoms with Gasteiger partial charge in [0.2, 0.25) is 5.75 Å². The van der Waals surface area contributed by atoms with E-state index in [0.717, 1.165) is 20.8 Å². The predicted molar refractivity (Wildman–Crippen MR) is 115 cm³/mol. The summed E-state index contributed by atoms with van der Waals surface area (Å²) in [5.74, 6) is -0.920. The molecule has 0 radical (unpaired) electrons. The molecule has 0 unspecified atom stereocenters. The number of ether oxygens (including phenoxy) is 1. The second kappa shape index (κ2) is 8.26. The molecule has 4 aromatic rings. The molecule has 0 aliphatic carbocycles. The van der Waals surface area contributed by atoms with Gasteiger partial charge in [0.05, 0.1) is 10.2 Å². The van der Waals surface area contributed by atoms with Crippen LogP contribution in [0, 0.1) is 17.0 Å². The zero-order valence-electron chi connectivity index (χ0n) is 15.9. The highest BCUT2D eigenvalue weighted by atomic mass is 32.1. The van der Waals surface area contributed by atoms with E-state index in [1.165, 1.54) is 23.9 Å². The summed E-state index contributed by atoms with van der Waals surface area (Å²) in [4.78, 5) is 30.7. The minimum absolute atomic E-state index is 0.0564. The van der Waals surface area contributed by atoms with Gasteiger partial charge in [-0.25, -0.2) is 4.98 Å². The van der Waals surface area contributed by atoms with E-state index in [1.54, 1.807) is 23.5 Å². The third kappa shape index (κ3) is 4.26. The van der Waals surface area contributed by atoms with E-state index in [0.29, 0.717) is 5.69 Å². The number of nitro groups is 1. The van der Waals surface area contributed by atoms with Gasteiger partial charge in [0, 0.05) is 11.3 Å². The van der Waals surface area contributed by atoms with Gasteiger partial charge >= 0.3 is 5.82 Å². The van der Waals surface area contributed by atoms with Gasteiger partial charge in [-0.05, 0) is 70.9 Å².